The Bertz CT molecular complexity index is 928. The Kier molecular flexibility index (Phi) is 4.74. The predicted octanol–water partition coefficient (Wildman–Crippen LogP) is 3.22. The first kappa shape index (κ1) is 17.4. The molecule has 0 amide bonds. The van der Waals surface area contributed by atoms with Gasteiger partial charge in [-0.05, 0) is 47.7 Å². The standard InChI is InChI=1S/C19H18O5S/c20-15-9-5-13(6-10-15)19(14-7-11-16(21)12-8-14)17-3-1-2-4-18(17)25(22,23)24/h1-6,9-10,20H,7-8,11-12H2,(H,22,23,24). The van der Waals surface area contributed by atoms with Crippen molar-refractivity contribution >= 4 is 21.5 Å². The van der Waals surface area contributed by atoms with Crippen LogP contribution in [0.4, 0.5) is 0 Å². The Hall–Kier alpha value is -2.44. The lowest BCUT2D eigenvalue weighted by Gasteiger charge is -2.21. The smallest absolute Gasteiger partial charge is 0.293 e. The average Bonchev–Trinajstić information content (AvgIpc) is 2.58. The highest BCUT2D eigenvalue weighted by Gasteiger charge is 2.23. The molecular weight excluding hydrogens is 340 g/mol. The summed E-state index contributed by atoms with van der Waals surface area (Å²) >= 11 is 0. The monoisotopic (exact) mass is 358 g/mol. The molecule has 5 nitrogen and oxygen atoms in total. The molecule has 0 radical (unpaired) electrons. The van der Waals surface area contributed by atoms with Gasteiger partial charge in [-0.25, -0.2) is 8.42 Å². The molecule has 130 valence electrons. The predicted molar refractivity (Wildman–Crippen MR) is 93.9 cm³/mol. The van der Waals surface area contributed by atoms with E-state index in [1.807, 2.05) is 0 Å². The van der Waals surface area contributed by atoms with Crippen molar-refractivity contribution in [3.63, 3.8) is 0 Å². The quantitative estimate of drug-likeness (QED) is 0.672. The molecule has 2 aromatic rings. The average molecular weight is 358 g/mol. The number of hydrogen-bond donors (Lipinski definition) is 1. The molecule has 0 unspecified atom stereocenters. The summed E-state index contributed by atoms with van der Waals surface area (Å²) in [5.41, 5.74) is 2.76. The van der Waals surface area contributed by atoms with Gasteiger partial charge < -0.3 is 9.66 Å². The van der Waals surface area contributed by atoms with Crippen LogP contribution in [0, 0.1) is 0 Å². The van der Waals surface area contributed by atoms with Gasteiger partial charge in [0.1, 0.15) is 15.9 Å². The van der Waals surface area contributed by atoms with Crippen LogP contribution in [0.15, 0.2) is 59.0 Å². The van der Waals surface area contributed by atoms with Gasteiger partial charge >= 0.3 is 0 Å². The zero-order valence-corrected chi connectivity index (χ0v) is 14.3. The Labute approximate surface area is 146 Å². The van der Waals surface area contributed by atoms with Crippen LogP contribution in [-0.2, 0) is 10.1 Å². The lowest BCUT2D eigenvalue weighted by molar-refractivity contribution is 0.462. The van der Waals surface area contributed by atoms with Gasteiger partial charge in [-0.15, -0.1) is 0 Å². The number of rotatable bonds is 3. The second kappa shape index (κ2) is 6.82. The van der Waals surface area contributed by atoms with Gasteiger partial charge in [0.15, 0.2) is 0 Å². The molecule has 2 N–H and O–H groups in total. The van der Waals surface area contributed by atoms with Crippen molar-refractivity contribution in [1.82, 2.24) is 0 Å². The summed E-state index contributed by atoms with van der Waals surface area (Å²) in [6.07, 6.45) is 2.22. The van der Waals surface area contributed by atoms with E-state index in [1.165, 1.54) is 24.3 Å². The fourth-order valence-corrected chi connectivity index (χ4v) is 3.84. The summed E-state index contributed by atoms with van der Waals surface area (Å²) in [6, 6.07) is 12.6. The second-order valence-electron chi connectivity index (χ2n) is 6.04. The summed E-state index contributed by atoms with van der Waals surface area (Å²) in [4.78, 5) is 9.43. The molecule has 1 fully saturated rings. The van der Waals surface area contributed by atoms with E-state index >= 15 is 0 Å². The maximum absolute atomic E-state index is 11.7. The maximum Gasteiger partial charge on any atom is 0.293 e. The van der Waals surface area contributed by atoms with Crippen molar-refractivity contribution in [3.8, 4) is 5.75 Å². The van der Waals surface area contributed by atoms with E-state index in [4.69, 9.17) is 0 Å². The number of benzene rings is 2. The molecular formula is C19H18O5S. The van der Waals surface area contributed by atoms with Crippen molar-refractivity contribution in [1.29, 1.82) is 0 Å². The van der Waals surface area contributed by atoms with Gasteiger partial charge in [0.05, 0.1) is 17.7 Å². The minimum absolute atomic E-state index is 0.104. The first-order chi connectivity index (χ1) is 11.9. The van der Waals surface area contributed by atoms with Crippen molar-refractivity contribution < 1.29 is 22.9 Å². The molecule has 3 rings (SSSR count). The van der Waals surface area contributed by atoms with Crippen LogP contribution in [-0.4, -0.2) is 28.7 Å². The molecule has 0 spiro atoms. The number of phenols is 1. The lowest BCUT2D eigenvalue weighted by Crippen LogP contribution is -2.10. The van der Waals surface area contributed by atoms with Crippen LogP contribution in [0.1, 0.15) is 36.8 Å². The molecule has 1 aliphatic rings. The summed E-state index contributed by atoms with van der Waals surface area (Å²) in [5, 5.41) is 9.54. The topological polar surface area (TPSA) is 98.8 Å². The summed E-state index contributed by atoms with van der Waals surface area (Å²) in [5.74, 6) is 0.533. The highest BCUT2D eigenvalue weighted by molar-refractivity contribution is 7.85. The Morgan fingerprint density at radius 1 is 0.960 bits per heavy atom. The minimum atomic E-state index is -4.63. The minimum Gasteiger partial charge on any atom is -0.744 e. The molecule has 0 bridgehead atoms. The van der Waals surface area contributed by atoms with E-state index in [1.54, 1.807) is 24.3 Å². The fraction of sp³-hybridized carbons (Fsp3) is 0.211. The number of carbonyl (C=O) groups excluding carboxylic acids is 1. The first-order valence-electron chi connectivity index (χ1n) is 7.96. The van der Waals surface area contributed by atoms with Crippen LogP contribution in [0.3, 0.4) is 0 Å². The summed E-state index contributed by atoms with van der Waals surface area (Å²) in [7, 11) is -4.63. The number of hydrogen-bond acceptors (Lipinski definition) is 4. The number of allylic oxidation sites excluding steroid dienone is 1. The van der Waals surface area contributed by atoms with Gasteiger partial charge in [0.2, 0.25) is 0 Å². The maximum atomic E-state index is 11.7. The number of aromatic hydroxyl groups is 1. The van der Waals surface area contributed by atoms with Gasteiger partial charge in [0.25, 0.3) is 5.78 Å². The van der Waals surface area contributed by atoms with E-state index in [0.717, 1.165) is 11.1 Å². The van der Waals surface area contributed by atoms with Gasteiger partial charge in [-0.1, -0.05) is 35.9 Å². The van der Waals surface area contributed by atoms with Gasteiger partial charge in [-0.3, -0.25) is 4.79 Å². The molecule has 1 aliphatic carbocycles. The van der Waals surface area contributed by atoms with E-state index in [0.29, 0.717) is 42.6 Å². The van der Waals surface area contributed by atoms with Crippen LogP contribution in [0.5, 0.6) is 5.75 Å². The molecule has 1 saturated carbocycles. The van der Waals surface area contributed by atoms with Crippen LogP contribution in [0.25, 0.3) is 5.57 Å². The zero-order valence-electron chi connectivity index (χ0n) is 13.5. The third-order valence-corrected chi connectivity index (χ3v) is 5.26. The molecule has 2 aromatic carbocycles. The van der Waals surface area contributed by atoms with Crippen LogP contribution < -0.4 is 0 Å². The zero-order chi connectivity index (χ0) is 18.0. The summed E-state index contributed by atoms with van der Waals surface area (Å²) < 4.78 is 35.1. The SMILES string of the molecule is O=S(=O)([O-])c1ccccc1C(=C1CCC(=[OH+])CC1)c1ccc(O)cc1. The Morgan fingerprint density at radius 3 is 2.16 bits per heavy atom. The molecule has 25 heavy (non-hydrogen) atoms. The lowest BCUT2D eigenvalue weighted by atomic mass is 9.84. The largest absolute Gasteiger partial charge is 0.744 e. The summed E-state index contributed by atoms with van der Waals surface area (Å²) in [6.45, 7) is 0. The molecule has 0 heterocycles. The van der Waals surface area contributed by atoms with E-state index in [9.17, 15) is 22.9 Å². The van der Waals surface area contributed by atoms with Crippen molar-refractivity contribution in [3.05, 3.63) is 65.2 Å². The van der Waals surface area contributed by atoms with Crippen molar-refractivity contribution in [2.45, 2.75) is 30.6 Å². The Balaban J connectivity index is 2.25. The number of ketones is 1. The molecule has 6 heteroatoms. The van der Waals surface area contributed by atoms with E-state index in [2.05, 4.69) is 0 Å². The second-order valence-corrected chi connectivity index (χ2v) is 7.39. The van der Waals surface area contributed by atoms with E-state index < -0.39 is 10.1 Å². The molecule has 0 saturated heterocycles. The van der Waals surface area contributed by atoms with Crippen LogP contribution in [0.2, 0.25) is 0 Å². The van der Waals surface area contributed by atoms with Crippen molar-refractivity contribution in [2.24, 2.45) is 0 Å². The van der Waals surface area contributed by atoms with Gasteiger partial charge in [0, 0.05) is 0 Å². The van der Waals surface area contributed by atoms with Gasteiger partial charge in [-0.2, -0.15) is 0 Å². The highest BCUT2D eigenvalue weighted by Crippen LogP contribution is 2.37. The molecule has 0 aliphatic heterocycles. The third-order valence-electron chi connectivity index (χ3n) is 4.37. The highest BCUT2D eigenvalue weighted by atomic mass is 32.2. The fourth-order valence-electron chi connectivity index (χ4n) is 3.16. The van der Waals surface area contributed by atoms with E-state index in [-0.39, 0.29) is 10.6 Å². The van der Waals surface area contributed by atoms with Crippen LogP contribution >= 0.6 is 0 Å². The molecule has 0 aromatic heterocycles. The third kappa shape index (κ3) is 3.81. The molecule has 0 atom stereocenters. The first-order valence-corrected chi connectivity index (χ1v) is 9.37. The van der Waals surface area contributed by atoms with Crippen molar-refractivity contribution in [2.75, 3.05) is 0 Å². The normalized spacial score (nSPS) is 15.2. The number of phenolic OH excluding ortho intramolecular Hbond substituents is 1. The Morgan fingerprint density at radius 2 is 1.56 bits per heavy atom.